The molecule has 0 saturated carbocycles. The maximum Gasteiger partial charge on any atom is 0.330 e. The van der Waals surface area contributed by atoms with Gasteiger partial charge in [0.05, 0.1) is 7.11 Å². The van der Waals surface area contributed by atoms with Crippen LogP contribution in [0.5, 0.6) is 17.2 Å². The second kappa shape index (κ2) is 11.1. The van der Waals surface area contributed by atoms with Gasteiger partial charge < -0.3 is 39.4 Å². The Morgan fingerprint density at radius 1 is 1.00 bits per heavy atom. The second-order valence-corrected chi connectivity index (χ2v) is 7.61. The molecule has 3 rings (SSSR count). The summed E-state index contributed by atoms with van der Waals surface area (Å²) in [5.41, 5.74) is 1.04. The van der Waals surface area contributed by atoms with E-state index in [1.165, 1.54) is 50.4 Å². The number of benzene rings is 2. The minimum Gasteiger partial charge on any atom is -0.508 e. The van der Waals surface area contributed by atoms with Crippen LogP contribution in [0.25, 0.3) is 6.08 Å². The molecular weight excluding hydrogens is 448 g/mol. The van der Waals surface area contributed by atoms with Crippen LogP contribution in [0, 0.1) is 0 Å². The zero-order valence-electron chi connectivity index (χ0n) is 18.5. The molecule has 2 aromatic carbocycles. The van der Waals surface area contributed by atoms with E-state index in [4.69, 9.17) is 18.9 Å². The summed E-state index contributed by atoms with van der Waals surface area (Å²) in [5.74, 6) is -0.491. The van der Waals surface area contributed by atoms with Crippen LogP contribution in [0.1, 0.15) is 22.8 Å². The van der Waals surface area contributed by atoms with Gasteiger partial charge in [0.2, 0.25) is 6.29 Å². The van der Waals surface area contributed by atoms with Gasteiger partial charge in [0.1, 0.15) is 36.8 Å². The van der Waals surface area contributed by atoms with Crippen molar-refractivity contribution in [1.29, 1.82) is 0 Å². The number of aliphatic hydroxyl groups is 3. The lowest BCUT2D eigenvalue weighted by atomic mass is 9.99. The van der Waals surface area contributed by atoms with Crippen LogP contribution in [0.3, 0.4) is 0 Å². The number of aromatic hydroxyl groups is 1. The molecule has 1 heterocycles. The van der Waals surface area contributed by atoms with Crippen molar-refractivity contribution >= 4 is 17.8 Å². The Balaban J connectivity index is 1.64. The Morgan fingerprint density at radius 2 is 1.71 bits per heavy atom. The van der Waals surface area contributed by atoms with E-state index < -0.39 is 43.3 Å². The fourth-order valence-corrected chi connectivity index (χ4v) is 3.22. The van der Waals surface area contributed by atoms with Crippen LogP contribution in [0.15, 0.2) is 48.5 Å². The van der Waals surface area contributed by atoms with Crippen molar-refractivity contribution in [3.63, 3.8) is 0 Å². The van der Waals surface area contributed by atoms with Gasteiger partial charge in [-0.05, 0) is 48.9 Å². The number of rotatable bonds is 8. The molecule has 5 atom stereocenters. The Labute approximate surface area is 195 Å². The highest BCUT2D eigenvalue weighted by molar-refractivity contribution is 5.94. The average Bonchev–Trinajstić information content (AvgIpc) is 2.83. The fourth-order valence-electron chi connectivity index (χ4n) is 3.22. The number of Topliss-reactive ketones (excluding diaryl/α,β-unsaturated/α-hetero) is 1. The van der Waals surface area contributed by atoms with E-state index in [9.17, 15) is 30.0 Å². The Hall–Kier alpha value is -3.44. The second-order valence-electron chi connectivity index (χ2n) is 7.61. The molecule has 34 heavy (non-hydrogen) atoms. The molecule has 1 saturated heterocycles. The standard InChI is InChI=1S/C24H26O10/c1-13(25)15-6-9-17(18(11-15)31-2)33-24-23(30)22(29)21(28)19(34-24)12-32-20(27)10-5-14-3-7-16(26)8-4-14/h3-11,19,21-24,26,28-30H,12H2,1-2H3/b10-5+/t19-,21-,22+,23-,24-/m1/s1. The van der Waals surface area contributed by atoms with Crippen molar-refractivity contribution in [2.24, 2.45) is 0 Å². The molecule has 1 aliphatic rings. The third kappa shape index (κ3) is 6.12. The molecule has 2 aromatic rings. The van der Waals surface area contributed by atoms with E-state index in [1.54, 1.807) is 12.1 Å². The molecule has 1 aliphatic heterocycles. The normalized spacial score (nSPS) is 24.6. The summed E-state index contributed by atoms with van der Waals surface area (Å²) in [7, 11) is 1.37. The first-order valence-electron chi connectivity index (χ1n) is 10.4. The van der Waals surface area contributed by atoms with Crippen molar-refractivity contribution in [3.05, 3.63) is 59.7 Å². The van der Waals surface area contributed by atoms with Gasteiger partial charge in [0, 0.05) is 11.6 Å². The number of carbonyl (C=O) groups is 2. The molecule has 0 radical (unpaired) electrons. The predicted octanol–water partition coefficient (Wildman–Crippen LogP) is 1.05. The highest BCUT2D eigenvalue weighted by atomic mass is 16.7. The molecule has 0 bridgehead atoms. The van der Waals surface area contributed by atoms with E-state index in [0.29, 0.717) is 11.1 Å². The van der Waals surface area contributed by atoms with Crippen LogP contribution in [0.4, 0.5) is 0 Å². The van der Waals surface area contributed by atoms with Crippen LogP contribution < -0.4 is 9.47 Å². The summed E-state index contributed by atoms with van der Waals surface area (Å²) >= 11 is 0. The predicted molar refractivity (Wildman–Crippen MR) is 118 cm³/mol. The molecule has 1 fully saturated rings. The molecule has 4 N–H and O–H groups in total. The summed E-state index contributed by atoms with van der Waals surface area (Å²) in [6, 6.07) is 10.5. The fraction of sp³-hybridized carbons (Fsp3) is 0.333. The monoisotopic (exact) mass is 474 g/mol. The molecule has 0 unspecified atom stereocenters. The number of ether oxygens (including phenoxy) is 4. The van der Waals surface area contributed by atoms with Crippen LogP contribution in [0.2, 0.25) is 0 Å². The van der Waals surface area contributed by atoms with Crippen molar-refractivity contribution in [1.82, 2.24) is 0 Å². The van der Waals surface area contributed by atoms with Crippen molar-refractivity contribution in [3.8, 4) is 17.2 Å². The highest BCUT2D eigenvalue weighted by Crippen LogP contribution is 2.32. The average molecular weight is 474 g/mol. The molecule has 10 heteroatoms. The third-order valence-corrected chi connectivity index (χ3v) is 5.18. The molecule has 182 valence electrons. The smallest absolute Gasteiger partial charge is 0.330 e. The minimum atomic E-state index is -1.64. The zero-order chi connectivity index (χ0) is 24.8. The maximum absolute atomic E-state index is 12.0. The number of ketones is 1. The van der Waals surface area contributed by atoms with E-state index in [1.807, 2.05) is 0 Å². The van der Waals surface area contributed by atoms with E-state index >= 15 is 0 Å². The summed E-state index contributed by atoms with van der Waals surface area (Å²) in [4.78, 5) is 23.6. The first-order valence-corrected chi connectivity index (χ1v) is 10.4. The van der Waals surface area contributed by atoms with Crippen LogP contribution in [-0.4, -0.2) is 76.6 Å². The van der Waals surface area contributed by atoms with Crippen LogP contribution >= 0.6 is 0 Å². The number of aliphatic hydroxyl groups excluding tert-OH is 3. The number of methoxy groups -OCH3 is 1. The van der Waals surface area contributed by atoms with Gasteiger partial charge in [-0.3, -0.25) is 4.79 Å². The quantitative estimate of drug-likeness (QED) is 0.248. The molecular formula is C24H26O10. The highest BCUT2D eigenvalue weighted by Gasteiger charge is 2.45. The topological polar surface area (TPSA) is 152 Å². The van der Waals surface area contributed by atoms with Crippen molar-refractivity contribution in [2.45, 2.75) is 37.6 Å². The summed E-state index contributed by atoms with van der Waals surface area (Å²) in [6.07, 6.45) is -4.80. The molecule has 0 aliphatic carbocycles. The molecule has 0 amide bonds. The molecule has 0 spiro atoms. The van der Waals surface area contributed by atoms with Gasteiger partial charge in [0.25, 0.3) is 0 Å². The van der Waals surface area contributed by atoms with Gasteiger partial charge in [-0.2, -0.15) is 0 Å². The number of hydrogen-bond donors (Lipinski definition) is 4. The number of phenols is 1. The number of hydrogen-bond acceptors (Lipinski definition) is 10. The zero-order valence-corrected chi connectivity index (χ0v) is 18.5. The number of carbonyl (C=O) groups excluding carboxylic acids is 2. The van der Waals surface area contributed by atoms with Crippen LogP contribution in [-0.2, 0) is 14.3 Å². The van der Waals surface area contributed by atoms with Gasteiger partial charge in [-0.15, -0.1) is 0 Å². The van der Waals surface area contributed by atoms with Crippen molar-refractivity contribution < 1.29 is 49.0 Å². The number of esters is 1. The SMILES string of the molecule is COc1cc(C(C)=O)ccc1O[C@@H]1O[C@H](COC(=O)/C=C/c2ccc(O)cc2)[C@@H](O)[C@H](O)[C@H]1O. The van der Waals surface area contributed by atoms with E-state index in [0.717, 1.165) is 6.08 Å². The lowest BCUT2D eigenvalue weighted by Gasteiger charge is -2.40. The lowest BCUT2D eigenvalue weighted by Crippen LogP contribution is -2.60. The first-order chi connectivity index (χ1) is 16.2. The van der Waals surface area contributed by atoms with E-state index in [-0.39, 0.29) is 23.0 Å². The Bertz CT molecular complexity index is 1030. The van der Waals surface area contributed by atoms with E-state index in [2.05, 4.69) is 0 Å². The minimum absolute atomic E-state index is 0.0908. The van der Waals surface area contributed by atoms with Gasteiger partial charge in [0.15, 0.2) is 17.3 Å². The maximum atomic E-state index is 12.0. The Kier molecular flexibility index (Phi) is 8.24. The van der Waals surface area contributed by atoms with Crippen molar-refractivity contribution in [2.75, 3.05) is 13.7 Å². The summed E-state index contributed by atoms with van der Waals surface area (Å²) in [5, 5.41) is 40.1. The Morgan fingerprint density at radius 3 is 2.35 bits per heavy atom. The first kappa shape index (κ1) is 25.2. The third-order valence-electron chi connectivity index (χ3n) is 5.18. The lowest BCUT2D eigenvalue weighted by molar-refractivity contribution is -0.278. The molecule has 0 aromatic heterocycles. The van der Waals surface area contributed by atoms with Gasteiger partial charge in [-0.1, -0.05) is 12.1 Å². The van der Waals surface area contributed by atoms with Gasteiger partial charge in [-0.25, -0.2) is 4.79 Å². The summed E-state index contributed by atoms with van der Waals surface area (Å²) in [6.45, 7) is 0.969. The number of phenolic OH excluding ortho intramolecular Hbond substituents is 1. The summed E-state index contributed by atoms with van der Waals surface area (Å²) < 4.78 is 21.5. The largest absolute Gasteiger partial charge is 0.508 e. The molecule has 10 nitrogen and oxygen atoms in total. The van der Waals surface area contributed by atoms with Gasteiger partial charge >= 0.3 is 5.97 Å².